The molecular weight excluding hydrogens is 152 g/mol. The average Bonchev–Trinajstić information content (AvgIpc) is 2.18. The van der Waals surface area contributed by atoms with Crippen molar-refractivity contribution in [2.45, 2.75) is 50.3 Å². The summed E-state index contributed by atoms with van der Waals surface area (Å²) < 4.78 is 0. The van der Waals surface area contributed by atoms with E-state index in [1.807, 2.05) is 6.92 Å². The Labute approximate surface area is 72.7 Å². The summed E-state index contributed by atoms with van der Waals surface area (Å²) in [6.07, 6.45) is 4.49. The Kier molecular flexibility index (Phi) is 1.57. The minimum Gasteiger partial charge on any atom is -0.386 e. The summed E-state index contributed by atoms with van der Waals surface area (Å²) in [5.74, 6) is 0. The van der Waals surface area contributed by atoms with Crippen LogP contribution in [-0.4, -0.2) is 22.1 Å². The highest BCUT2D eigenvalue weighted by atomic mass is 16.3. The van der Waals surface area contributed by atoms with Gasteiger partial charge in [0, 0.05) is 12.1 Å². The minimum absolute atomic E-state index is 0.657. The van der Waals surface area contributed by atoms with Gasteiger partial charge < -0.3 is 10.8 Å². The molecule has 0 aromatic heterocycles. The van der Waals surface area contributed by atoms with E-state index in [1.165, 1.54) is 0 Å². The molecule has 0 saturated heterocycles. The molecule has 1 saturated carbocycles. The van der Waals surface area contributed by atoms with Crippen LogP contribution in [0.5, 0.6) is 0 Å². The average molecular weight is 168 g/mol. The van der Waals surface area contributed by atoms with Crippen LogP contribution >= 0.6 is 0 Å². The van der Waals surface area contributed by atoms with Crippen LogP contribution in [0.3, 0.4) is 0 Å². The molecule has 2 aliphatic rings. The normalized spacial score (nSPS) is 47.1. The molecule has 12 heavy (non-hydrogen) atoms. The quantitative estimate of drug-likeness (QED) is 0.562. The summed E-state index contributed by atoms with van der Waals surface area (Å²) in [5, 5.41) is 10.2. The second-order valence-electron chi connectivity index (χ2n) is 4.19. The summed E-state index contributed by atoms with van der Waals surface area (Å²) in [5.41, 5.74) is 5.67. The number of aliphatic imine (C=N–C) groups is 1. The van der Waals surface area contributed by atoms with Gasteiger partial charge in [-0.3, -0.25) is 4.99 Å². The van der Waals surface area contributed by atoms with E-state index in [9.17, 15) is 5.11 Å². The van der Waals surface area contributed by atoms with Crippen molar-refractivity contribution in [3.63, 3.8) is 0 Å². The van der Waals surface area contributed by atoms with Crippen LogP contribution in [0.15, 0.2) is 4.99 Å². The van der Waals surface area contributed by atoms with Crippen LogP contribution in [-0.2, 0) is 0 Å². The molecule has 2 atom stereocenters. The first-order chi connectivity index (χ1) is 5.56. The van der Waals surface area contributed by atoms with Crippen molar-refractivity contribution in [3.8, 4) is 0 Å². The van der Waals surface area contributed by atoms with Crippen LogP contribution < -0.4 is 5.73 Å². The lowest BCUT2D eigenvalue weighted by Crippen LogP contribution is -2.58. The summed E-state index contributed by atoms with van der Waals surface area (Å²) in [6.45, 7) is 1.95. The minimum atomic E-state index is -0.727. The number of fused-ring (bicyclic) bond motifs is 1. The molecule has 68 valence electrons. The van der Waals surface area contributed by atoms with Crippen molar-refractivity contribution in [2.24, 2.45) is 10.7 Å². The van der Waals surface area contributed by atoms with Crippen molar-refractivity contribution in [3.05, 3.63) is 0 Å². The topological polar surface area (TPSA) is 58.6 Å². The van der Waals surface area contributed by atoms with Gasteiger partial charge in [-0.2, -0.15) is 0 Å². The first-order valence-electron chi connectivity index (χ1n) is 4.62. The lowest BCUT2D eigenvalue weighted by Gasteiger charge is -2.41. The maximum atomic E-state index is 10.2. The zero-order chi connectivity index (χ0) is 8.82. The van der Waals surface area contributed by atoms with Crippen LogP contribution in [0.2, 0.25) is 0 Å². The predicted octanol–water partition coefficient (Wildman–Crippen LogP) is 0.811. The fourth-order valence-corrected chi connectivity index (χ4v) is 2.47. The molecule has 1 aliphatic heterocycles. The van der Waals surface area contributed by atoms with Crippen molar-refractivity contribution in [1.82, 2.24) is 0 Å². The van der Waals surface area contributed by atoms with Gasteiger partial charge >= 0.3 is 0 Å². The standard InChI is InChI=1S/C9H16N2O/c1-7-6-8(12)4-2-3-5-9(8,10)11-7/h12H,2-6,10H2,1H3. The fourth-order valence-electron chi connectivity index (χ4n) is 2.47. The highest BCUT2D eigenvalue weighted by molar-refractivity contribution is 5.86. The van der Waals surface area contributed by atoms with Gasteiger partial charge in [-0.15, -0.1) is 0 Å². The molecular formula is C9H16N2O. The molecule has 3 heteroatoms. The summed E-state index contributed by atoms with van der Waals surface area (Å²) in [6, 6.07) is 0. The monoisotopic (exact) mass is 168 g/mol. The zero-order valence-corrected chi connectivity index (χ0v) is 7.51. The van der Waals surface area contributed by atoms with E-state index < -0.39 is 11.3 Å². The van der Waals surface area contributed by atoms with Gasteiger partial charge in [0.05, 0.1) is 0 Å². The Balaban J connectivity index is 2.32. The number of hydrogen-bond acceptors (Lipinski definition) is 3. The van der Waals surface area contributed by atoms with E-state index in [-0.39, 0.29) is 0 Å². The third-order valence-corrected chi connectivity index (χ3v) is 3.14. The highest BCUT2D eigenvalue weighted by Crippen LogP contribution is 2.43. The Hall–Kier alpha value is -0.410. The van der Waals surface area contributed by atoms with Crippen molar-refractivity contribution < 1.29 is 5.11 Å². The molecule has 0 amide bonds. The summed E-state index contributed by atoms with van der Waals surface area (Å²) in [7, 11) is 0. The van der Waals surface area contributed by atoms with E-state index in [4.69, 9.17) is 5.73 Å². The maximum Gasteiger partial charge on any atom is 0.137 e. The second-order valence-corrected chi connectivity index (χ2v) is 4.19. The van der Waals surface area contributed by atoms with Gasteiger partial charge in [-0.1, -0.05) is 6.42 Å². The van der Waals surface area contributed by atoms with Crippen LogP contribution in [0.25, 0.3) is 0 Å². The molecule has 2 rings (SSSR count). The Morgan fingerprint density at radius 1 is 1.42 bits per heavy atom. The highest BCUT2D eigenvalue weighted by Gasteiger charge is 2.52. The number of nitrogens with zero attached hydrogens (tertiary/aromatic N) is 1. The maximum absolute atomic E-state index is 10.2. The summed E-state index contributed by atoms with van der Waals surface area (Å²) in [4.78, 5) is 4.36. The molecule has 3 N–H and O–H groups in total. The first-order valence-corrected chi connectivity index (χ1v) is 4.62. The lowest BCUT2D eigenvalue weighted by atomic mass is 9.75. The fraction of sp³-hybridized carbons (Fsp3) is 0.889. The van der Waals surface area contributed by atoms with Crippen LogP contribution in [0.1, 0.15) is 39.0 Å². The number of nitrogens with two attached hydrogens (primary N) is 1. The Morgan fingerprint density at radius 2 is 2.08 bits per heavy atom. The predicted molar refractivity (Wildman–Crippen MR) is 48.1 cm³/mol. The molecule has 0 aromatic carbocycles. The van der Waals surface area contributed by atoms with Gasteiger partial charge in [0.2, 0.25) is 0 Å². The van der Waals surface area contributed by atoms with Gasteiger partial charge in [0.15, 0.2) is 0 Å². The molecule has 3 nitrogen and oxygen atoms in total. The van der Waals surface area contributed by atoms with Crippen molar-refractivity contribution >= 4 is 5.71 Å². The van der Waals surface area contributed by atoms with Gasteiger partial charge in [0.1, 0.15) is 11.3 Å². The van der Waals surface area contributed by atoms with Gasteiger partial charge in [-0.25, -0.2) is 0 Å². The van der Waals surface area contributed by atoms with E-state index in [0.29, 0.717) is 6.42 Å². The Morgan fingerprint density at radius 3 is 2.75 bits per heavy atom. The van der Waals surface area contributed by atoms with Crippen LogP contribution in [0.4, 0.5) is 0 Å². The van der Waals surface area contributed by atoms with E-state index in [1.54, 1.807) is 0 Å². The molecule has 2 unspecified atom stereocenters. The zero-order valence-electron chi connectivity index (χ0n) is 7.51. The first kappa shape index (κ1) is 8.20. The second kappa shape index (κ2) is 2.30. The smallest absolute Gasteiger partial charge is 0.137 e. The van der Waals surface area contributed by atoms with Crippen molar-refractivity contribution in [2.75, 3.05) is 0 Å². The Bertz CT molecular complexity index is 239. The SMILES string of the molecule is CC1=NC2(N)CCCCC2(O)C1. The summed E-state index contributed by atoms with van der Waals surface area (Å²) >= 11 is 0. The van der Waals surface area contributed by atoms with E-state index in [0.717, 1.165) is 31.4 Å². The number of aliphatic hydroxyl groups is 1. The molecule has 0 aromatic rings. The van der Waals surface area contributed by atoms with Crippen molar-refractivity contribution in [1.29, 1.82) is 0 Å². The van der Waals surface area contributed by atoms with E-state index in [2.05, 4.69) is 4.99 Å². The van der Waals surface area contributed by atoms with Crippen LogP contribution in [0, 0.1) is 0 Å². The molecule has 0 radical (unpaired) electrons. The molecule has 0 bridgehead atoms. The molecule has 1 fully saturated rings. The number of rotatable bonds is 0. The molecule has 0 spiro atoms. The van der Waals surface area contributed by atoms with Gasteiger partial charge in [0.25, 0.3) is 0 Å². The molecule has 1 aliphatic carbocycles. The number of hydrogen-bond donors (Lipinski definition) is 2. The van der Waals surface area contributed by atoms with Gasteiger partial charge in [-0.05, 0) is 26.2 Å². The largest absolute Gasteiger partial charge is 0.386 e. The third-order valence-electron chi connectivity index (χ3n) is 3.14. The van der Waals surface area contributed by atoms with E-state index >= 15 is 0 Å². The lowest BCUT2D eigenvalue weighted by molar-refractivity contribution is -0.0456. The molecule has 1 heterocycles. The third kappa shape index (κ3) is 0.930.